The Morgan fingerprint density at radius 3 is 2.11 bits per heavy atom. The topological polar surface area (TPSA) is 66.9 Å². The van der Waals surface area contributed by atoms with Crippen LogP contribution in [0, 0.1) is 37.0 Å². The molecular weight excluding hydrogens is 348 g/mol. The minimum Gasteiger partial charge on any atom is -0.326 e. The van der Waals surface area contributed by atoms with Crippen molar-refractivity contribution in [3.05, 3.63) is 41.7 Å². The number of carbonyl (C=O) groups is 1. The number of benzene rings is 1. The highest BCUT2D eigenvalue weighted by molar-refractivity contribution is 5.96. The molecule has 1 aromatic heterocycles. The second-order valence-electron chi connectivity index (χ2n) is 9.33. The first-order valence-electron chi connectivity index (χ1n) is 10.5. The predicted octanol–water partition coefficient (Wildman–Crippen LogP) is 4.99. The zero-order chi connectivity index (χ0) is 19.3. The quantitative estimate of drug-likeness (QED) is 0.789. The first-order chi connectivity index (χ1) is 13.5. The number of nitrogens with one attached hydrogen (secondary N) is 2. The van der Waals surface area contributed by atoms with E-state index in [0.717, 1.165) is 59.8 Å². The third-order valence-corrected chi connectivity index (χ3v) is 6.88. The van der Waals surface area contributed by atoms with Crippen molar-refractivity contribution in [2.75, 3.05) is 10.6 Å². The lowest BCUT2D eigenvalue weighted by molar-refractivity contribution is -0.140. The molecule has 0 saturated heterocycles. The standard InChI is InChI=1S/C23H28N4O/c1-14-6-15(2)25-22(24-14)27-20-5-3-4-19(10-20)26-21(28)23-11-16-7-17(12-23)9-18(8-16)13-23/h3-6,10,16-18H,7-9,11-13H2,1-2H3,(H,26,28)(H,24,25,27). The molecule has 2 aromatic rings. The van der Waals surface area contributed by atoms with E-state index in [1.165, 1.54) is 19.3 Å². The molecule has 2 N–H and O–H groups in total. The molecule has 1 aromatic carbocycles. The monoisotopic (exact) mass is 376 g/mol. The van der Waals surface area contributed by atoms with E-state index in [0.29, 0.717) is 5.95 Å². The molecule has 0 aliphatic heterocycles. The van der Waals surface area contributed by atoms with Crippen molar-refractivity contribution in [1.29, 1.82) is 0 Å². The lowest BCUT2D eigenvalue weighted by Gasteiger charge is -2.55. The van der Waals surface area contributed by atoms with Crippen molar-refractivity contribution in [2.45, 2.75) is 52.4 Å². The fourth-order valence-electron chi connectivity index (χ4n) is 6.24. The Labute approximate surface area is 166 Å². The summed E-state index contributed by atoms with van der Waals surface area (Å²) in [7, 11) is 0. The summed E-state index contributed by atoms with van der Waals surface area (Å²) in [6.45, 7) is 3.92. The third-order valence-electron chi connectivity index (χ3n) is 6.88. The van der Waals surface area contributed by atoms with Gasteiger partial charge in [0.1, 0.15) is 0 Å². The Morgan fingerprint density at radius 1 is 0.929 bits per heavy atom. The summed E-state index contributed by atoms with van der Waals surface area (Å²) < 4.78 is 0. The highest BCUT2D eigenvalue weighted by Gasteiger charge is 2.54. The first kappa shape index (κ1) is 17.7. The molecule has 4 aliphatic carbocycles. The number of aromatic nitrogens is 2. The number of carbonyl (C=O) groups excluding carboxylic acids is 1. The van der Waals surface area contributed by atoms with Gasteiger partial charge < -0.3 is 10.6 Å². The summed E-state index contributed by atoms with van der Waals surface area (Å²) in [5.74, 6) is 3.12. The van der Waals surface area contributed by atoms with Gasteiger partial charge >= 0.3 is 0 Å². The number of nitrogens with zero attached hydrogens (tertiary/aromatic N) is 2. The maximum Gasteiger partial charge on any atom is 0.230 e. The van der Waals surface area contributed by atoms with Crippen molar-refractivity contribution in [3.8, 4) is 0 Å². The van der Waals surface area contributed by atoms with Crippen molar-refractivity contribution >= 4 is 23.2 Å². The molecule has 28 heavy (non-hydrogen) atoms. The summed E-state index contributed by atoms with van der Waals surface area (Å²) >= 11 is 0. The number of hydrogen-bond donors (Lipinski definition) is 2. The lowest BCUT2D eigenvalue weighted by Crippen LogP contribution is -2.51. The third kappa shape index (κ3) is 3.27. The van der Waals surface area contributed by atoms with E-state index in [-0.39, 0.29) is 11.3 Å². The molecule has 4 aliphatic rings. The van der Waals surface area contributed by atoms with E-state index in [4.69, 9.17) is 0 Å². The molecule has 0 atom stereocenters. The van der Waals surface area contributed by atoms with Crippen LogP contribution in [0.5, 0.6) is 0 Å². The van der Waals surface area contributed by atoms with E-state index in [2.05, 4.69) is 20.6 Å². The molecule has 4 saturated carbocycles. The molecule has 0 spiro atoms. The van der Waals surface area contributed by atoms with E-state index in [1.54, 1.807) is 0 Å². The Bertz CT molecular complexity index is 867. The average molecular weight is 377 g/mol. The lowest BCUT2D eigenvalue weighted by atomic mass is 9.49. The molecule has 146 valence electrons. The molecule has 1 heterocycles. The van der Waals surface area contributed by atoms with Gasteiger partial charge in [-0.1, -0.05) is 6.07 Å². The minimum absolute atomic E-state index is 0.130. The van der Waals surface area contributed by atoms with Crippen molar-refractivity contribution in [2.24, 2.45) is 23.2 Å². The Kier molecular flexibility index (Phi) is 4.14. The van der Waals surface area contributed by atoms with Crippen LogP contribution in [0.4, 0.5) is 17.3 Å². The van der Waals surface area contributed by atoms with Crippen LogP contribution in [0.2, 0.25) is 0 Å². The van der Waals surface area contributed by atoms with Crippen LogP contribution in [-0.4, -0.2) is 15.9 Å². The van der Waals surface area contributed by atoms with Crippen LogP contribution in [0.1, 0.15) is 49.9 Å². The van der Waals surface area contributed by atoms with E-state index < -0.39 is 0 Å². The number of aryl methyl sites for hydroxylation is 2. The zero-order valence-electron chi connectivity index (χ0n) is 16.7. The fourth-order valence-corrected chi connectivity index (χ4v) is 6.24. The molecule has 0 unspecified atom stereocenters. The highest BCUT2D eigenvalue weighted by atomic mass is 16.2. The highest BCUT2D eigenvalue weighted by Crippen LogP contribution is 2.60. The molecular formula is C23H28N4O. The molecule has 4 bridgehead atoms. The van der Waals surface area contributed by atoms with Crippen LogP contribution in [0.3, 0.4) is 0 Å². The van der Waals surface area contributed by atoms with Crippen LogP contribution in [-0.2, 0) is 4.79 Å². The molecule has 0 radical (unpaired) electrons. The number of anilines is 3. The SMILES string of the molecule is Cc1cc(C)nc(Nc2cccc(NC(=O)C34CC5CC(CC(C5)C3)C4)c2)n1. The second-order valence-corrected chi connectivity index (χ2v) is 9.33. The van der Waals surface area contributed by atoms with Crippen molar-refractivity contribution in [1.82, 2.24) is 9.97 Å². The predicted molar refractivity (Wildman–Crippen MR) is 110 cm³/mol. The van der Waals surface area contributed by atoms with Gasteiger partial charge in [0.2, 0.25) is 11.9 Å². The van der Waals surface area contributed by atoms with Gasteiger partial charge in [-0.3, -0.25) is 4.79 Å². The van der Waals surface area contributed by atoms with Gasteiger partial charge in [0.15, 0.2) is 0 Å². The molecule has 5 nitrogen and oxygen atoms in total. The van der Waals surface area contributed by atoms with Crippen molar-refractivity contribution in [3.63, 3.8) is 0 Å². The van der Waals surface area contributed by atoms with Crippen molar-refractivity contribution < 1.29 is 4.79 Å². The summed E-state index contributed by atoms with van der Waals surface area (Å²) in [6, 6.07) is 9.82. The smallest absolute Gasteiger partial charge is 0.230 e. The van der Waals surface area contributed by atoms with Crippen LogP contribution < -0.4 is 10.6 Å². The molecule has 5 heteroatoms. The second kappa shape index (κ2) is 6.57. The van der Waals surface area contributed by atoms with Gasteiger partial charge in [-0.25, -0.2) is 9.97 Å². The molecule has 6 rings (SSSR count). The maximum absolute atomic E-state index is 13.3. The number of hydrogen-bond acceptors (Lipinski definition) is 4. The van der Waals surface area contributed by atoms with Gasteiger partial charge in [0, 0.05) is 22.8 Å². The van der Waals surface area contributed by atoms with Gasteiger partial charge in [0.25, 0.3) is 0 Å². The van der Waals surface area contributed by atoms with Gasteiger partial charge in [-0.2, -0.15) is 0 Å². The number of amides is 1. The Balaban J connectivity index is 1.32. The summed E-state index contributed by atoms with van der Waals surface area (Å²) in [5, 5.41) is 6.49. The zero-order valence-corrected chi connectivity index (χ0v) is 16.7. The number of rotatable bonds is 4. The van der Waals surface area contributed by atoms with Gasteiger partial charge in [-0.15, -0.1) is 0 Å². The fraction of sp³-hybridized carbons (Fsp3) is 0.522. The summed E-state index contributed by atoms with van der Waals surface area (Å²) in [4.78, 5) is 22.1. The minimum atomic E-state index is -0.130. The van der Waals surface area contributed by atoms with E-state index in [1.807, 2.05) is 44.2 Å². The Morgan fingerprint density at radius 2 is 1.50 bits per heavy atom. The van der Waals surface area contributed by atoms with Gasteiger partial charge in [0.05, 0.1) is 5.41 Å². The normalized spacial score (nSPS) is 30.3. The maximum atomic E-state index is 13.3. The first-order valence-corrected chi connectivity index (χ1v) is 10.5. The van der Waals surface area contributed by atoms with E-state index in [9.17, 15) is 4.79 Å². The van der Waals surface area contributed by atoms with Gasteiger partial charge in [-0.05, 0) is 94.4 Å². The average Bonchev–Trinajstić information content (AvgIpc) is 2.60. The summed E-state index contributed by atoms with van der Waals surface area (Å²) in [6.07, 6.45) is 7.29. The Hall–Kier alpha value is -2.43. The van der Waals surface area contributed by atoms with Crippen LogP contribution in [0.15, 0.2) is 30.3 Å². The van der Waals surface area contributed by atoms with Crippen LogP contribution >= 0.6 is 0 Å². The molecule has 1 amide bonds. The molecule has 4 fully saturated rings. The van der Waals surface area contributed by atoms with Crippen LogP contribution in [0.25, 0.3) is 0 Å². The van der Waals surface area contributed by atoms with E-state index >= 15 is 0 Å². The largest absolute Gasteiger partial charge is 0.326 e. The summed E-state index contributed by atoms with van der Waals surface area (Å²) in [5.41, 5.74) is 3.46.